The van der Waals surface area contributed by atoms with Gasteiger partial charge in [0.25, 0.3) is 5.91 Å². The maximum atomic E-state index is 13.7. The topological polar surface area (TPSA) is 46.3 Å². The highest BCUT2D eigenvalue weighted by atomic mass is 79.9. The van der Waals surface area contributed by atoms with Crippen LogP contribution in [0.3, 0.4) is 0 Å². The third kappa shape index (κ3) is 2.84. The van der Waals surface area contributed by atoms with Gasteiger partial charge < -0.3 is 10.6 Å². The highest BCUT2D eigenvalue weighted by Gasteiger charge is 2.25. The number of hydrogen-bond donors (Lipinski definition) is 1. The third-order valence-electron chi connectivity index (χ3n) is 2.99. The van der Waals surface area contributed by atoms with Crippen molar-refractivity contribution in [3.05, 3.63) is 33.0 Å². The first-order chi connectivity index (χ1) is 8.49. The molecule has 1 heterocycles. The monoisotopic (exact) mass is 334 g/mol. The number of rotatable bonds is 1. The highest BCUT2D eigenvalue weighted by molar-refractivity contribution is 9.10. The van der Waals surface area contributed by atoms with Crippen molar-refractivity contribution < 1.29 is 9.18 Å². The van der Waals surface area contributed by atoms with Crippen LogP contribution in [0.15, 0.2) is 16.6 Å². The summed E-state index contributed by atoms with van der Waals surface area (Å²) in [5.74, 6) is -0.938. The normalized spacial score (nSPS) is 20.0. The quantitative estimate of drug-likeness (QED) is 0.802. The van der Waals surface area contributed by atoms with Gasteiger partial charge in [0, 0.05) is 23.6 Å². The van der Waals surface area contributed by atoms with Gasteiger partial charge in [0.05, 0.1) is 10.6 Å². The average Bonchev–Trinajstić information content (AvgIpc) is 2.33. The van der Waals surface area contributed by atoms with E-state index in [0.29, 0.717) is 17.6 Å². The van der Waals surface area contributed by atoms with Gasteiger partial charge in [-0.2, -0.15) is 0 Å². The van der Waals surface area contributed by atoms with Crippen LogP contribution in [0, 0.1) is 5.82 Å². The molecule has 1 amide bonds. The van der Waals surface area contributed by atoms with E-state index in [9.17, 15) is 9.18 Å². The lowest BCUT2D eigenvalue weighted by atomic mass is 10.1. The summed E-state index contributed by atoms with van der Waals surface area (Å²) in [4.78, 5) is 13.8. The van der Waals surface area contributed by atoms with Crippen LogP contribution < -0.4 is 5.73 Å². The van der Waals surface area contributed by atoms with E-state index in [2.05, 4.69) is 15.9 Å². The molecule has 2 N–H and O–H groups in total. The van der Waals surface area contributed by atoms with Gasteiger partial charge in [0.15, 0.2) is 0 Å². The fourth-order valence-electron chi connectivity index (χ4n) is 2.05. The predicted octanol–water partition coefficient (Wildman–Crippen LogP) is 2.80. The standard InChI is InChI=1S/C12H13BrClFN2O/c13-9-4-8(11(15)5-10(9)14)12(18)17-3-1-2-7(16)6-17/h4-5,7H,1-3,6,16H2/t7-/m1/s1. The van der Waals surface area contributed by atoms with Crippen molar-refractivity contribution in [2.45, 2.75) is 18.9 Å². The molecule has 0 unspecified atom stereocenters. The Kier molecular flexibility index (Phi) is 4.25. The van der Waals surface area contributed by atoms with E-state index in [1.165, 1.54) is 6.07 Å². The third-order valence-corrected chi connectivity index (χ3v) is 4.18. The Morgan fingerprint density at radius 3 is 2.94 bits per heavy atom. The molecule has 0 aliphatic carbocycles. The Balaban J connectivity index is 2.25. The van der Waals surface area contributed by atoms with Crippen molar-refractivity contribution >= 4 is 33.4 Å². The summed E-state index contributed by atoms with van der Waals surface area (Å²) in [5.41, 5.74) is 5.84. The molecule has 1 saturated heterocycles. The zero-order valence-electron chi connectivity index (χ0n) is 9.63. The smallest absolute Gasteiger partial charge is 0.256 e. The Labute approximate surface area is 118 Å². The first-order valence-electron chi connectivity index (χ1n) is 5.68. The first kappa shape index (κ1) is 13.8. The van der Waals surface area contributed by atoms with Crippen LogP contribution in [0.2, 0.25) is 5.02 Å². The van der Waals surface area contributed by atoms with Crippen LogP contribution in [0.1, 0.15) is 23.2 Å². The summed E-state index contributed by atoms with van der Waals surface area (Å²) in [6.07, 6.45) is 1.75. The summed E-state index contributed by atoms with van der Waals surface area (Å²) in [5, 5.41) is 0.249. The lowest BCUT2D eigenvalue weighted by molar-refractivity contribution is 0.0704. The van der Waals surface area contributed by atoms with Crippen molar-refractivity contribution in [3.63, 3.8) is 0 Å². The fourth-order valence-corrected chi connectivity index (χ4v) is 2.54. The fraction of sp³-hybridized carbons (Fsp3) is 0.417. The number of benzene rings is 1. The van der Waals surface area contributed by atoms with Gasteiger partial charge >= 0.3 is 0 Å². The summed E-state index contributed by atoms with van der Waals surface area (Å²) < 4.78 is 14.3. The van der Waals surface area contributed by atoms with Crippen LogP contribution in [-0.4, -0.2) is 29.9 Å². The molecule has 18 heavy (non-hydrogen) atoms. The lowest BCUT2D eigenvalue weighted by Crippen LogP contribution is -2.45. The molecule has 2 rings (SSSR count). The Morgan fingerprint density at radius 2 is 2.28 bits per heavy atom. The summed E-state index contributed by atoms with van der Waals surface area (Å²) in [6.45, 7) is 1.09. The number of nitrogens with two attached hydrogens (primary N) is 1. The second-order valence-corrected chi connectivity index (χ2v) is 5.66. The minimum atomic E-state index is -0.604. The lowest BCUT2D eigenvalue weighted by Gasteiger charge is -2.31. The second-order valence-electron chi connectivity index (χ2n) is 4.40. The number of likely N-dealkylation sites (tertiary alicyclic amines) is 1. The first-order valence-corrected chi connectivity index (χ1v) is 6.85. The predicted molar refractivity (Wildman–Crippen MR) is 72.2 cm³/mol. The highest BCUT2D eigenvalue weighted by Crippen LogP contribution is 2.26. The second kappa shape index (κ2) is 5.55. The van der Waals surface area contributed by atoms with E-state index in [-0.39, 0.29) is 22.5 Å². The molecule has 1 aliphatic heterocycles. The number of carbonyl (C=O) groups excluding carboxylic acids is 1. The Morgan fingerprint density at radius 1 is 1.56 bits per heavy atom. The Bertz CT molecular complexity index is 483. The molecule has 6 heteroatoms. The minimum Gasteiger partial charge on any atom is -0.337 e. The molecule has 1 fully saturated rings. The molecular weight excluding hydrogens is 322 g/mol. The van der Waals surface area contributed by atoms with Gasteiger partial charge in [-0.1, -0.05) is 11.6 Å². The van der Waals surface area contributed by atoms with Gasteiger partial charge in [-0.25, -0.2) is 4.39 Å². The molecule has 3 nitrogen and oxygen atoms in total. The van der Waals surface area contributed by atoms with E-state index in [0.717, 1.165) is 18.9 Å². The van der Waals surface area contributed by atoms with Crippen LogP contribution in [0.5, 0.6) is 0 Å². The molecular formula is C12H13BrClFN2O. The number of carbonyl (C=O) groups is 1. The molecule has 0 aromatic heterocycles. The van der Waals surface area contributed by atoms with E-state index >= 15 is 0 Å². The molecule has 0 bridgehead atoms. The van der Waals surface area contributed by atoms with Crippen LogP contribution in [-0.2, 0) is 0 Å². The summed E-state index contributed by atoms with van der Waals surface area (Å²) >= 11 is 8.96. The number of piperidine rings is 1. The van der Waals surface area contributed by atoms with Crippen LogP contribution in [0.25, 0.3) is 0 Å². The van der Waals surface area contributed by atoms with Crippen molar-refractivity contribution in [1.82, 2.24) is 4.90 Å². The maximum absolute atomic E-state index is 13.7. The summed E-state index contributed by atoms with van der Waals surface area (Å²) in [6, 6.07) is 2.53. The van der Waals surface area contributed by atoms with Gasteiger partial charge in [-0.3, -0.25) is 4.79 Å². The zero-order valence-corrected chi connectivity index (χ0v) is 12.0. The minimum absolute atomic E-state index is 0.0264. The summed E-state index contributed by atoms with van der Waals surface area (Å²) in [7, 11) is 0. The number of amides is 1. The zero-order chi connectivity index (χ0) is 13.3. The average molecular weight is 336 g/mol. The van der Waals surface area contributed by atoms with Gasteiger partial charge in [0.1, 0.15) is 5.82 Å². The van der Waals surface area contributed by atoms with Crippen molar-refractivity contribution in [2.75, 3.05) is 13.1 Å². The van der Waals surface area contributed by atoms with Crippen LogP contribution >= 0.6 is 27.5 Å². The molecule has 1 aromatic rings. The Hall–Kier alpha value is -0.650. The van der Waals surface area contributed by atoms with Crippen LogP contribution in [0.4, 0.5) is 4.39 Å². The van der Waals surface area contributed by atoms with Crippen molar-refractivity contribution in [1.29, 1.82) is 0 Å². The molecule has 1 atom stereocenters. The van der Waals surface area contributed by atoms with E-state index in [1.54, 1.807) is 4.90 Å². The SMILES string of the molecule is N[C@@H]1CCCN(C(=O)c2cc(Br)c(Cl)cc2F)C1. The number of hydrogen-bond acceptors (Lipinski definition) is 2. The van der Waals surface area contributed by atoms with Crippen molar-refractivity contribution in [2.24, 2.45) is 5.73 Å². The molecule has 1 aliphatic rings. The molecule has 0 radical (unpaired) electrons. The number of halogens is 3. The largest absolute Gasteiger partial charge is 0.337 e. The molecule has 98 valence electrons. The van der Waals surface area contributed by atoms with Gasteiger partial charge in [-0.05, 0) is 40.9 Å². The number of nitrogens with zero attached hydrogens (tertiary/aromatic N) is 1. The van der Waals surface area contributed by atoms with E-state index in [4.69, 9.17) is 17.3 Å². The van der Waals surface area contributed by atoms with E-state index < -0.39 is 5.82 Å². The van der Waals surface area contributed by atoms with E-state index in [1.807, 2.05) is 0 Å². The molecule has 0 spiro atoms. The molecule has 0 saturated carbocycles. The maximum Gasteiger partial charge on any atom is 0.256 e. The molecule has 1 aromatic carbocycles. The van der Waals surface area contributed by atoms with Gasteiger partial charge in [-0.15, -0.1) is 0 Å². The van der Waals surface area contributed by atoms with Gasteiger partial charge in [0.2, 0.25) is 0 Å². The van der Waals surface area contributed by atoms with Crippen molar-refractivity contribution in [3.8, 4) is 0 Å².